The summed E-state index contributed by atoms with van der Waals surface area (Å²) < 4.78 is 19.3. The molecule has 0 amide bonds. The molecule has 0 N–H and O–H groups in total. The molecule has 0 aromatic heterocycles. The van der Waals surface area contributed by atoms with Crippen molar-refractivity contribution in [3.63, 3.8) is 0 Å². The molecule has 0 spiro atoms. The molecule has 2 aromatic rings. The van der Waals surface area contributed by atoms with Crippen LogP contribution in [0.4, 0.5) is 0 Å². The van der Waals surface area contributed by atoms with Gasteiger partial charge in [0, 0.05) is 34.8 Å². The van der Waals surface area contributed by atoms with Gasteiger partial charge < -0.3 is 9.29 Å². The lowest BCUT2D eigenvalue weighted by Crippen LogP contribution is -2.17. The van der Waals surface area contributed by atoms with Crippen molar-refractivity contribution in [1.82, 2.24) is 0 Å². The van der Waals surface area contributed by atoms with Crippen molar-refractivity contribution < 1.29 is 9.29 Å². The molecule has 5 heteroatoms. The van der Waals surface area contributed by atoms with Crippen LogP contribution in [0.3, 0.4) is 0 Å². The van der Waals surface area contributed by atoms with Crippen molar-refractivity contribution in [3.05, 3.63) is 51.5 Å². The molecule has 1 unspecified atom stereocenters. The van der Waals surface area contributed by atoms with Gasteiger partial charge in [-0.25, -0.2) is 0 Å². The first kappa shape index (κ1) is 23.8. The third-order valence-electron chi connectivity index (χ3n) is 5.71. The number of rotatable bonds is 12. The van der Waals surface area contributed by atoms with E-state index in [-0.39, 0.29) is 0 Å². The molecular formula is C25H32Cl2O2S. The summed E-state index contributed by atoms with van der Waals surface area (Å²) in [4.78, 5) is 1.53. The van der Waals surface area contributed by atoms with Crippen molar-refractivity contribution in [2.24, 2.45) is 0 Å². The predicted octanol–water partition coefficient (Wildman–Crippen LogP) is 8.36. The zero-order valence-electron chi connectivity index (χ0n) is 17.9. The fourth-order valence-corrected chi connectivity index (χ4v) is 5.99. The normalized spacial score (nSPS) is 15.0. The molecule has 1 heterocycles. The largest absolute Gasteiger partial charge is 0.606 e. The molecule has 3 rings (SSSR count). The third-order valence-corrected chi connectivity index (χ3v) is 8.15. The monoisotopic (exact) mass is 466 g/mol. The van der Waals surface area contributed by atoms with E-state index in [1.165, 1.54) is 51.4 Å². The van der Waals surface area contributed by atoms with E-state index in [4.69, 9.17) is 27.9 Å². The van der Waals surface area contributed by atoms with E-state index in [1.54, 1.807) is 6.07 Å². The Morgan fingerprint density at radius 2 is 1.57 bits per heavy atom. The zero-order chi connectivity index (χ0) is 21.3. The summed E-state index contributed by atoms with van der Waals surface area (Å²) >= 11 is 11.5. The lowest BCUT2D eigenvalue weighted by Gasteiger charge is -2.25. The van der Waals surface area contributed by atoms with Gasteiger partial charge in [0.15, 0.2) is 10.6 Å². The molecule has 164 valence electrons. The SMILES string of the molecule is CCCCCCCCCCCCOc1cc(Cl)c(Cl)c2c1[S+]([O-])c1ccccc1C2. The summed E-state index contributed by atoms with van der Waals surface area (Å²) in [6.07, 6.45) is 13.5. The van der Waals surface area contributed by atoms with Gasteiger partial charge in [0.05, 0.1) is 16.7 Å². The second-order valence-electron chi connectivity index (χ2n) is 8.06. The predicted molar refractivity (Wildman–Crippen MR) is 128 cm³/mol. The molecule has 30 heavy (non-hydrogen) atoms. The second kappa shape index (κ2) is 12.2. The van der Waals surface area contributed by atoms with Crippen LogP contribution in [0, 0.1) is 0 Å². The quantitative estimate of drug-likeness (QED) is 0.232. The summed E-state index contributed by atoms with van der Waals surface area (Å²) in [7, 11) is 0. The average molecular weight is 468 g/mol. The summed E-state index contributed by atoms with van der Waals surface area (Å²) in [6.45, 7) is 2.87. The molecular weight excluding hydrogens is 435 g/mol. The molecule has 0 saturated carbocycles. The van der Waals surface area contributed by atoms with Gasteiger partial charge in [-0.05, 0) is 12.5 Å². The van der Waals surface area contributed by atoms with Crippen LogP contribution in [0.1, 0.15) is 82.3 Å². The summed E-state index contributed by atoms with van der Waals surface area (Å²) in [5, 5.41) is 0.950. The Kier molecular flexibility index (Phi) is 9.70. The lowest BCUT2D eigenvalue weighted by molar-refractivity contribution is 0.296. The number of hydrogen-bond acceptors (Lipinski definition) is 2. The maximum absolute atomic E-state index is 13.2. The molecule has 2 nitrogen and oxygen atoms in total. The Balaban J connectivity index is 1.50. The number of fused-ring (bicyclic) bond motifs is 2. The Morgan fingerprint density at radius 1 is 0.933 bits per heavy atom. The minimum Gasteiger partial charge on any atom is -0.606 e. The van der Waals surface area contributed by atoms with Gasteiger partial charge in [-0.3, -0.25) is 0 Å². The van der Waals surface area contributed by atoms with E-state index in [0.717, 1.165) is 28.9 Å². The second-order valence-corrected chi connectivity index (χ2v) is 10.2. The molecule has 0 aliphatic carbocycles. The van der Waals surface area contributed by atoms with Gasteiger partial charge >= 0.3 is 0 Å². The van der Waals surface area contributed by atoms with E-state index in [1.807, 2.05) is 24.3 Å². The maximum Gasteiger partial charge on any atom is 0.205 e. The highest BCUT2D eigenvalue weighted by atomic mass is 35.5. The summed E-state index contributed by atoms with van der Waals surface area (Å²) in [5.74, 6) is 0.614. The Morgan fingerprint density at radius 3 is 2.27 bits per heavy atom. The smallest absolute Gasteiger partial charge is 0.205 e. The Bertz CT molecular complexity index is 825. The van der Waals surface area contributed by atoms with Gasteiger partial charge in [0.2, 0.25) is 4.90 Å². The number of benzene rings is 2. The van der Waals surface area contributed by atoms with Crippen molar-refractivity contribution in [2.75, 3.05) is 6.61 Å². The molecule has 1 aliphatic rings. The van der Waals surface area contributed by atoms with Gasteiger partial charge in [0.25, 0.3) is 0 Å². The standard InChI is InChI=1S/C25H32Cl2O2S/c1-2-3-4-5-6-7-8-9-10-13-16-29-22-18-21(26)24(27)20-17-19-14-11-12-15-23(19)30(28)25(20)22/h11-12,14-15,18H,2-10,13,16-17H2,1H3. The first-order valence-electron chi connectivity index (χ1n) is 11.3. The van der Waals surface area contributed by atoms with Gasteiger partial charge in [-0.15, -0.1) is 0 Å². The Labute approximate surface area is 194 Å². The van der Waals surface area contributed by atoms with Crippen molar-refractivity contribution in [1.29, 1.82) is 0 Å². The zero-order valence-corrected chi connectivity index (χ0v) is 20.2. The van der Waals surface area contributed by atoms with Crippen LogP contribution in [0.2, 0.25) is 10.0 Å². The highest BCUT2D eigenvalue weighted by Gasteiger charge is 2.34. The van der Waals surface area contributed by atoms with Gasteiger partial charge in [0.1, 0.15) is 0 Å². The summed E-state index contributed by atoms with van der Waals surface area (Å²) in [5.41, 5.74) is 1.87. The van der Waals surface area contributed by atoms with Crippen LogP contribution >= 0.6 is 23.2 Å². The van der Waals surface area contributed by atoms with E-state index >= 15 is 0 Å². The first-order chi connectivity index (χ1) is 14.6. The van der Waals surface area contributed by atoms with Crippen LogP contribution in [0.15, 0.2) is 40.1 Å². The number of halogens is 2. The topological polar surface area (TPSA) is 32.3 Å². The Hall–Kier alpha value is -0.870. The van der Waals surface area contributed by atoms with Crippen LogP contribution in [-0.4, -0.2) is 11.2 Å². The van der Waals surface area contributed by atoms with E-state index in [0.29, 0.717) is 33.7 Å². The molecule has 0 saturated heterocycles. The average Bonchev–Trinajstić information content (AvgIpc) is 2.75. The lowest BCUT2D eigenvalue weighted by atomic mass is 10.0. The summed E-state index contributed by atoms with van der Waals surface area (Å²) in [6, 6.07) is 9.53. The van der Waals surface area contributed by atoms with E-state index in [2.05, 4.69) is 6.92 Å². The highest BCUT2D eigenvalue weighted by molar-refractivity contribution is 7.91. The molecule has 1 aliphatic heterocycles. The number of ether oxygens (including phenoxy) is 1. The van der Waals surface area contributed by atoms with Gasteiger partial charge in [-0.2, -0.15) is 0 Å². The van der Waals surface area contributed by atoms with Crippen LogP contribution in [0.5, 0.6) is 5.75 Å². The highest BCUT2D eigenvalue weighted by Crippen LogP contribution is 2.45. The van der Waals surface area contributed by atoms with Crippen molar-refractivity contribution >= 4 is 34.4 Å². The molecule has 2 aromatic carbocycles. The number of hydrogen-bond donors (Lipinski definition) is 0. The maximum atomic E-state index is 13.2. The molecule has 1 atom stereocenters. The first-order valence-corrected chi connectivity index (χ1v) is 13.2. The molecule has 0 bridgehead atoms. The fourth-order valence-electron chi connectivity index (χ4n) is 4.01. The fraction of sp³-hybridized carbons (Fsp3) is 0.520. The minimum atomic E-state index is -1.30. The molecule has 0 radical (unpaired) electrons. The van der Waals surface area contributed by atoms with E-state index in [9.17, 15) is 4.55 Å². The van der Waals surface area contributed by atoms with Crippen molar-refractivity contribution in [3.8, 4) is 5.75 Å². The van der Waals surface area contributed by atoms with Gasteiger partial charge in [-0.1, -0.05) is 106 Å². The number of unbranched alkanes of at least 4 members (excludes halogenated alkanes) is 9. The van der Waals surface area contributed by atoms with Crippen molar-refractivity contribution in [2.45, 2.75) is 87.3 Å². The minimum absolute atomic E-state index is 0.463. The van der Waals surface area contributed by atoms with Crippen LogP contribution in [0.25, 0.3) is 0 Å². The van der Waals surface area contributed by atoms with Crippen LogP contribution in [-0.2, 0) is 17.6 Å². The molecule has 0 fully saturated rings. The van der Waals surface area contributed by atoms with E-state index < -0.39 is 11.2 Å². The third kappa shape index (κ3) is 6.09. The van der Waals surface area contributed by atoms with Crippen LogP contribution < -0.4 is 4.74 Å².